The Labute approximate surface area is 124 Å². The van der Waals surface area contributed by atoms with Crippen molar-refractivity contribution in [3.63, 3.8) is 0 Å². The Hall–Kier alpha value is -2.04. The number of hydrogen-bond donors (Lipinski definition) is 1. The smallest absolute Gasteiger partial charge is 0.335 e. The highest BCUT2D eigenvalue weighted by molar-refractivity contribution is 5.99. The number of aromatic carboxylic acids is 1. The molecule has 0 bridgehead atoms. The van der Waals surface area contributed by atoms with Gasteiger partial charge in [0.2, 0.25) is 0 Å². The average molecular weight is 291 g/mol. The van der Waals surface area contributed by atoms with Crippen LogP contribution in [0.4, 0.5) is 5.69 Å². The molecule has 1 amide bonds. The Balaban J connectivity index is 2.09. The number of nitrogens with zero attached hydrogens (tertiary/aromatic N) is 1. The highest BCUT2D eigenvalue weighted by Gasteiger charge is 2.26. The molecule has 0 atom stereocenters. The molecule has 1 heterocycles. The van der Waals surface area contributed by atoms with E-state index in [1.165, 1.54) is 25.0 Å². The number of carboxylic acids is 1. The topological polar surface area (TPSA) is 66.8 Å². The normalized spacial score (nSPS) is 13.8. The molecule has 0 aliphatic carbocycles. The summed E-state index contributed by atoms with van der Waals surface area (Å²) in [4.78, 5) is 24.7. The van der Waals surface area contributed by atoms with E-state index in [1.54, 1.807) is 11.0 Å². The van der Waals surface area contributed by atoms with Crippen molar-refractivity contribution in [2.75, 3.05) is 18.1 Å². The summed E-state index contributed by atoms with van der Waals surface area (Å²) in [5.74, 6) is -0.535. The summed E-state index contributed by atoms with van der Waals surface area (Å²) >= 11 is 0. The van der Waals surface area contributed by atoms with Gasteiger partial charge in [-0.15, -0.1) is 0 Å². The predicted octanol–water partition coefficient (Wildman–Crippen LogP) is 3.08. The van der Waals surface area contributed by atoms with Crippen molar-refractivity contribution in [1.29, 1.82) is 0 Å². The van der Waals surface area contributed by atoms with Gasteiger partial charge >= 0.3 is 5.97 Å². The number of carbonyl (C=O) groups is 2. The minimum Gasteiger partial charge on any atom is -0.482 e. The molecule has 1 aromatic carbocycles. The first kappa shape index (κ1) is 15.4. The SMILES string of the molecule is CCCCCCCN1C(=O)COc2ccc(C(=O)O)cc21. The zero-order valence-corrected chi connectivity index (χ0v) is 12.3. The zero-order valence-electron chi connectivity index (χ0n) is 12.3. The van der Waals surface area contributed by atoms with Crippen LogP contribution in [0.3, 0.4) is 0 Å². The zero-order chi connectivity index (χ0) is 15.2. The van der Waals surface area contributed by atoms with Crippen molar-refractivity contribution in [2.24, 2.45) is 0 Å². The van der Waals surface area contributed by atoms with Crippen molar-refractivity contribution in [1.82, 2.24) is 0 Å². The summed E-state index contributed by atoms with van der Waals surface area (Å²) in [6.07, 6.45) is 5.55. The van der Waals surface area contributed by atoms with Gasteiger partial charge in [0.1, 0.15) is 5.75 Å². The van der Waals surface area contributed by atoms with Gasteiger partial charge in [-0.2, -0.15) is 0 Å². The van der Waals surface area contributed by atoms with E-state index in [4.69, 9.17) is 9.84 Å². The molecule has 0 unspecified atom stereocenters. The maximum atomic E-state index is 12.0. The monoisotopic (exact) mass is 291 g/mol. The van der Waals surface area contributed by atoms with E-state index in [-0.39, 0.29) is 18.1 Å². The van der Waals surface area contributed by atoms with Gasteiger partial charge in [-0.1, -0.05) is 32.6 Å². The molecular weight excluding hydrogens is 270 g/mol. The number of carboxylic acid groups (broad SMARTS) is 1. The van der Waals surface area contributed by atoms with E-state index in [9.17, 15) is 9.59 Å². The molecule has 0 radical (unpaired) electrons. The summed E-state index contributed by atoms with van der Waals surface area (Å²) in [5.41, 5.74) is 0.740. The second kappa shape index (κ2) is 7.11. The number of carbonyl (C=O) groups excluding carboxylic acids is 1. The minimum absolute atomic E-state index is 0.0222. The fraction of sp³-hybridized carbons (Fsp3) is 0.500. The number of unbranched alkanes of at least 4 members (excludes halogenated alkanes) is 4. The summed E-state index contributed by atoms with van der Waals surface area (Å²) in [6.45, 7) is 2.80. The van der Waals surface area contributed by atoms with Gasteiger partial charge in [-0.3, -0.25) is 4.79 Å². The molecule has 0 saturated heterocycles. The largest absolute Gasteiger partial charge is 0.482 e. The van der Waals surface area contributed by atoms with Gasteiger partial charge in [0.25, 0.3) is 5.91 Å². The lowest BCUT2D eigenvalue weighted by molar-refractivity contribution is -0.121. The molecule has 5 nitrogen and oxygen atoms in total. The van der Waals surface area contributed by atoms with Crippen LogP contribution in [0.25, 0.3) is 0 Å². The number of ether oxygens (including phenoxy) is 1. The van der Waals surface area contributed by atoms with E-state index in [2.05, 4.69) is 6.92 Å². The van der Waals surface area contributed by atoms with Crippen LogP contribution in [0.2, 0.25) is 0 Å². The second-order valence-corrected chi connectivity index (χ2v) is 5.24. The van der Waals surface area contributed by atoms with Crippen molar-refractivity contribution < 1.29 is 19.4 Å². The van der Waals surface area contributed by atoms with Crippen molar-refractivity contribution in [2.45, 2.75) is 39.0 Å². The highest BCUT2D eigenvalue weighted by atomic mass is 16.5. The highest BCUT2D eigenvalue weighted by Crippen LogP contribution is 2.33. The Kier molecular flexibility index (Phi) is 5.20. The van der Waals surface area contributed by atoms with E-state index in [1.807, 2.05) is 0 Å². The fourth-order valence-electron chi connectivity index (χ4n) is 2.45. The minimum atomic E-state index is -1.00. The molecule has 21 heavy (non-hydrogen) atoms. The van der Waals surface area contributed by atoms with Crippen LogP contribution in [0.5, 0.6) is 5.75 Å². The molecular formula is C16H21NO4. The third kappa shape index (κ3) is 3.74. The Morgan fingerprint density at radius 3 is 2.76 bits per heavy atom. The Bertz CT molecular complexity index is 527. The molecule has 5 heteroatoms. The van der Waals surface area contributed by atoms with Gasteiger partial charge in [0.05, 0.1) is 11.3 Å². The van der Waals surface area contributed by atoms with Crippen LogP contribution < -0.4 is 9.64 Å². The van der Waals surface area contributed by atoms with Crippen LogP contribution >= 0.6 is 0 Å². The lowest BCUT2D eigenvalue weighted by atomic mass is 10.1. The second-order valence-electron chi connectivity index (χ2n) is 5.24. The number of amides is 1. The number of anilines is 1. The van der Waals surface area contributed by atoms with E-state index in [0.29, 0.717) is 18.0 Å². The first-order chi connectivity index (χ1) is 10.1. The number of fused-ring (bicyclic) bond motifs is 1. The van der Waals surface area contributed by atoms with Crippen molar-refractivity contribution in [3.8, 4) is 5.75 Å². The Morgan fingerprint density at radius 1 is 1.29 bits per heavy atom. The van der Waals surface area contributed by atoms with Crippen molar-refractivity contribution >= 4 is 17.6 Å². The van der Waals surface area contributed by atoms with Crippen LogP contribution in [0.1, 0.15) is 49.4 Å². The maximum absolute atomic E-state index is 12.0. The van der Waals surface area contributed by atoms with Gasteiger partial charge < -0.3 is 14.7 Å². The first-order valence-corrected chi connectivity index (χ1v) is 7.44. The van der Waals surface area contributed by atoms with Crippen LogP contribution in [-0.2, 0) is 4.79 Å². The van der Waals surface area contributed by atoms with E-state index >= 15 is 0 Å². The summed E-state index contributed by atoms with van der Waals surface area (Å²) < 4.78 is 5.36. The van der Waals surface area contributed by atoms with Crippen LogP contribution in [0.15, 0.2) is 18.2 Å². The fourth-order valence-corrected chi connectivity index (χ4v) is 2.45. The molecule has 1 aliphatic rings. The van der Waals surface area contributed by atoms with Crippen molar-refractivity contribution in [3.05, 3.63) is 23.8 Å². The number of rotatable bonds is 7. The van der Waals surface area contributed by atoms with Gasteiger partial charge in [0.15, 0.2) is 6.61 Å². The van der Waals surface area contributed by atoms with Gasteiger partial charge in [-0.25, -0.2) is 4.79 Å². The third-order valence-corrected chi connectivity index (χ3v) is 3.63. The predicted molar refractivity (Wildman–Crippen MR) is 80.0 cm³/mol. The quantitative estimate of drug-likeness (QED) is 0.784. The molecule has 0 aromatic heterocycles. The molecule has 1 aromatic rings. The summed E-state index contributed by atoms with van der Waals surface area (Å²) in [7, 11) is 0. The number of hydrogen-bond acceptors (Lipinski definition) is 3. The summed E-state index contributed by atoms with van der Waals surface area (Å²) in [5, 5.41) is 9.07. The number of benzene rings is 1. The third-order valence-electron chi connectivity index (χ3n) is 3.63. The molecule has 0 fully saturated rings. The lowest BCUT2D eigenvalue weighted by Gasteiger charge is -2.29. The van der Waals surface area contributed by atoms with E-state index in [0.717, 1.165) is 19.3 Å². The molecule has 114 valence electrons. The average Bonchev–Trinajstić information content (AvgIpc) is 2.48. The molecule has 1 aliphatic heterocycles. The van der Waals surface area contributed by atoms with Gasteiger partial charge in [0, 0.05) is 6.54 Å². The molecule has 0 spiro atoms. The standard InChI is InChI=1S/C16H21NO4/c1-2-3-4-5-6-9-17-13-10-12(16(19)20)7-8-14(13)21-11-15(17)18/h7-8,10H,2-6,9,11H2,1H3,(H,19,20). The first-order valence-electron chi connectivity index (χ1n) is 7.44. The molecule has 1 N–H and O–H groups in total. The van der Waals surface area contributed by atoms with Gasteiger partial charge in [-0.05, 0) is 24.6 Å². The van der Waals surface area contributed by atoms with E-state index < -0.39 is 5.97 Å². The van der Waals surface area contributed by atoms with Crippen LogP contribution in [0, 0.1) is 0 Å². The summed E-state index contributed by atoms with van der Waals surface area (Å²) in [6, 6.07) is 4.63. The maximum Gasteiger partial charge on any atom is 0.335 e. The van der Waals surface area contributed by atoms with Crippen LogP contribution in [-0.4, -0.2) is 30.1 Å². The Morgan fingerprint density at radius 2 is 2.05 bits per heavy atom. The molecule has 2 rings (SSSR count). The lowest BCUT2D eigenvalue weighted by Crippen LogP contribution is -2.39. The molecule has 0 saturated carbocycles.